The van der Waals surface area contributed by atoms with Crippen LogP contribution >= 0.6 is 0 Å². The predicted molar refractivity (Wildman–Crippen MR) is 74.3 cm³/mol. The van der Waals surface area contributed by atoms with Gasteiger partial charge in [-0.2, -0.15) is 0 Å². The Morgan fingerprint density at radius 2 is 1.84 bits per heavy atom. The van der Waals surface area contributed by atoms with Gasteiger partial charge in [-0.05, 0) is 30.7 Å². The molecule has 0 aliphatic heterocycles. The number of hydrogen-bond donors (Lipinski definition) is 2. The van der Waals surface area contributed by atoms with Crippen molar-refractivity contribution in [1.82, 2.24) is 4.90 Å². The number of benzene rings is 1. The van der Waals surface area contributed by atoms with Crippen LogP contribution in [0.5, 0.6) is 0 Å². The van der Waals surface area contributed by atoms with E-state index in [1.807, 2.05) is 6.92 Å². The lowest BCUT2D eigenvalue weighted by atomic mass is 10.1. The van der Waals surface area contributed by atoms with Gasteiger partial charge in [0.05, 0.1) is 0 Å². The highest BCUT2D eigenvalue weighted by Crippen LogP contribution is 2.10. The first kappa shape index (κ1) is 15.2. The van der Waals surface area contributed by atoms with Crippen molar-refractivity contribution in [1.29, 1.82) is 0 Å². The fourth-order valence-corrected chi connectivity index (χ4v) is 1.88. The van der Waals surface area contributed by atoms with E-state index in [1.54, 1.807) is 36.2 Å². The highest BCUT2D eigenvalue weighted by Gasteiger charge is 2.16. The summed E-state index contributed by atoms with van der Waals surface area (Å²) in [6.45, 7) is 2.89. The maximum absolute atomic E-state index is 12.0. The molecule has 0 radical (unpaired) electrons. The van der Waals surface area contributed by atoms with Crippen LogP contribution in [0.2, 0.25) is 0 Å². The zero-order valence-electron chi connectivity index (χ0n) is 11.4. The van der Waals surface area contributed by atoms with Gasteiger partial charge in [-0.15, -0.1) is 0 Å². The average molecular weight is 263 g/mol. The average Bonchev–Trinajstić information content (AvgIpc) is 2.38. The Bertz CT molecular complexity index is 443. The lowest BCUT2D eigenvalue weighted by molar-refractivity contribution is -0.134. The molecule has 1 aromatic carbocycles. The van der Waals surface area contributed by atoms with E-state index in [9.17, 15) is 9.59 Å². The summed E-state index contributed by atoms with van der Waals surface area (Å²) in [6, 6.07) is 6.94. The molecular weight excluding hydrogens is 242 g/mol. The minimum atomic E-state index is -0.451. The summed E-state index contributed by atoms with van der Waals surface area (Å²) in [5.41, 5.74) is 12.0. The first-order valence-corrected chi connectivity index (χ1v) is 6.29. The van der Waals surface area contributed by atoms with Gasteiger partial charge in [-0.3, -0.25) is 9.59 Å². The van der Waals surface area contributed by atoms with Crippen LogP contribution in [0.15, 0.2) is 24.3 Å². The molecule has 5 heteroatoms. The normalized spacial score (nSPS) is 11.9. The molecule has 5 nitrogen and oxygen atoms in total. The predicted octanol–water partition coefficient (Wildman–Crippen LogP) is 0.729. The molecule has 4 N–H and O–H groups in total. The molecule has 1 aromatic rings. The molecule has 19 heavy (non-hydrogen) atoms. The standard InChI is InChI=1S/C14H21N3O2/c1-10(7-8-15)14(19)17(2)9-11-3-5-12(6-4-11)13(16)18/h3-6,10H,7-9,15H2,1-2H3,(H2,16,18). The summed E-state index contributed by atoms with van der Waals surface area (Å²) in [5.74, 6) is -0.447. The number of hydrogen-bond acceptors (Lipinski definition) is 3. The van der Waals surface area contributed by atoms with Crippen LogP contribution in [-0.2, 0) is 11.3 Å². The van der Waals surface area contributed by atoms with Crippen molar-refractivity contribution in [2.75, 3.05) is 13.6 Å². The molecule has 0 aliphatic carbocycles. The molecule has 0 spiro atoms. The van der Waals surface area contributed by atoms with Crippen molar-refractivity contribution < 1.29 is 9.59 Å². The van der Waals surface area contributed by atoms with Crippen LogP contribution in [0.4, 0.5) is 0 Å². The number of nitrogens with two attached hydrogens (primary N) is 2. The molecule has 2 amide bonds. The Labute approximate surface area is 113 Å². The molecule has 1 unspecified atom stereocenters. The molecule has 0 saturated heterocycles. The zero-order valence-corrected chi connectivity index (χ0v) is 11.4. The van der Waals surface area contributed by atoms with Crippen LogP contribution < -0.4 is 11.5 Å². The molecule has 1 atom stereocenters. The van der Waals surface area contributed by atoms with E-state index in [4.69, 9.17) is 11.5 Å². The molecule has 0 heterocycles. The van der Waals surface area contributed by atoms with E-state index < -0.39 is 5.91 Å². The van der Waals surface area contributed by atoms with Gasteiger partial charge in [0.1, 0.15) is 0 Å². The quantitative estimate of drug-likeness (QED) is 0.792. The van der Waals surface area contributed by atoms with E-state index in [2.05, 4.69) is 0 Å². The zero-order chi connectivity index (χ0) is 14.4. The van der Waals surface area contributed by atoms with E-state index in [0.717, 1.165) is 5.56 Å². The Hall–Kier alpha value is -1.88. The smallest absolute Gasteiger partial charge is 0.248 e. The van der Waals surface area contributed by atoms with Gasteiger partial charge in [0.15, 0.2) is 0 Å². The maximum Gasteiger partial charge on any atom is 0.248 e. The lowest BCUT2D eigenvalue weighted by Gasteiger charge is -2.21. The fourth-order valence-electron chi connectivity index (χ4n) is 1.88. The molecular formula is C14H21N3O2. The number of carbonyl (C=O) groups is 2. The fraction of sp³-hybridized carbons (Fsp3) is 0.429. The SMILES string of the molecule is CC(CCN)C(=O)N(C)Cc1ccc(C(N)=O)cc1. The summed E-state index contributed by atoms with van der Waals surface area (Å²) in [7, 11) is 1.76. The second-order valence-corrected chi connectivity index (χ2v) is 4.73. The van der Waals surface area contributed by atoms with Crippen LogP contribution in [0.3, 0.4) is 0 Å². The van der Waals surface area contributed by atoms with Gasteiger partial charge in [0.2, 0.25) is 11.8 Å². The van der Waals surface area contributed by atoms with Gasteiger partial charge in [-0.25, -0.2) is 0 Å². The van der Waals surface area contributed by atoms with Crippen molar-refractivity contribution in [2.24, 2.45) is 17.4 Å². The largest absolute Gasteiger partial charge is 0.366 e. The van der Waals surface area contributed by atoms with Crippen LogP contribution in [0.1, 0.15) is 29.3 Å². The molecule has 0 aromatic heterocycles. The van der Waals surface area contributed by atoms with Gasteiger partial charge in [-0.1, -0.05) is 19.1 Å². The summed E-state index contributed by atoms with van der Waals surface area (Å²) < 4.78 is 0. The number of carbonyl (C=O) groups excluding carboxylic acids is 2. The molecule has 0 aliphatic rings. The highest BCUT2D eigenvalue weighted by atomic mass is 16.2. The number of amides is 2. The van der Waals surface area contributed by atoms with Gasteiger partial charge in [0.25, 0.3) is 0 Å². The third-order valence-corrected chi connectivity index (χ3v) is 3.06. The molecule has 0 saturated carbocycles. The van der Waals surface area contributed by atoms with E-state index in [-0.39, 0.29) is 11.8 Å². The first-order valence-electron chi connectivity index (χ1n) is 6.29. The lowest BCUT2D eigenvalue weighted by Crippen LogP contribution is -2.32. The van der Waals surface area contributed by atoms with Crippen molar-refractivity contribution >= 4 is 11.8 Å². The highest BCUT2D eigenvalue weighted by molar-refractivity contribution is 5.92. The van der Waals surface area contributed by atoms with E-state index in [1.165, 1.54) is 0 Å². The summed E-state index contributed by atoms with van der Waals surface area (Å²) in [5, 5.41) is 0. The summed E-state index contributed by atoms with van der Waals surface area (Å²) >= 11 is 0. The Morgan fingerprint density at radius 3 is 2.32 bits per heavy atom. The molecule has 104 valence electrons. The Balaban J connectivity index is 2.63. The van der Waals surface area contributed by atoms with Gasteiger partial charge >= 0.3 is 0 Å². The maximum atomic E-state index is 12.0. The number of nitrogens with zero attached hydrogens (tertiary/aromatic N) is 1. The summed E-state index contributed by atoms with van der Waals surface area (Å²) in [6.07, 6.45) is 0.684. The summed E-state index contributed by atoms with van der Waals surface area (Å²) in [4.78, 5) is 24.6. The second kappa shape index (κ2) is 6.89. The van der Waals surface area contributed by atoms with E-state index in [0.29, 0.717) is 25.1 Å². The van der Waals surface area contributed by atoms with Gasteiger partial charge in [0, 0.05) is 25.1 Å². The van der Waals surface area contributed by atoms with Crippen LogP contribution in [0.25, 0.3) is 0 Å². The Morgan fingerprint density at radius 1 is 1.26 bits per heavy atom. The minimum absolute atomic E-state index is 0.0695. The van der Waals surface area contributed by atoms with Crippen molar-refractivity contribution in [3.63, 3.8) is 0 Å². The number of rotatable bonds is 6. The molecule has 0 fully saturated rings. The minimum Gasteiger partial charge on any atom is -0.366 e. The topological polar surface area (TPSA) is 89.4 Å². The van der Waals surface area contributed by atoms with Crippen molar-refractivity contribution in [2.45, 2.75) is 19.9 Å². The number of primary amides is 1. The Kier molecular flexibility index (Phi) is 5.51. The monoisotopic (exact) mass is 263 g/mol. The van der Waals surface area contributed by atoms with Crippen LogP contribution in [0, 0.1) is 5.92 Å². The second-order valence-electron chi connectivity index (χ2n) is 4.73. The van der Waals surface area contributed by atoms with Crippen molar-refractivity contribution in [3.8, 4) is 0 Å². The van der Waals surface area contributed by atoms with Crippen LogP contribution in [-0.4, -0.2) is 30.3 Å². The first-order chi connectivity index (χ1) is 8.95. The molecule has 0 bridgehead atoms. The van der Waals surface area contributed by atoms with Gasteiger partial charge < -0.3 is 16.4 Å². The van der Waals surface area contributed by atoms with Crippen molar-refractivity contribution in [3.05, 3.63) is 35.4 Å². The van der Waals surface area contributed by atoms with E-state index >= 15 is 0 Å². The molecule has 1 rings (SSSR count). The third kappa shape index (κ3) is 4.37. The third-order valence-electron chi connectivity index (χ3n) is 3.06.